The van der Waals surface area contributed by atoms with E-state index in [9.17, 15) is 58.3 Å². The summed E-state index contributed by atoms with van der Waals surface area (Å²) in [7, 11) is 3.63. The van der Waals surface area contributed by atoms with Gasteiger partial charge in [-0.3, -0.25) is 43.2 Å². The lowest BCUT2D eigenvalue weighted by atomic mass is 9.95. The van der Waals surface area contributed by atoms with Crippen molar-refractivity contribution in [3.8, 4) is 0 Å². The average Bonchev–Trinajstić information content (AvgIpc) is 3.73. The molecular formula is C57H104N11O12+. The SMILES string of the molecule is CCC(C)C=CC(=O)N1CC(C)CC1C(=O)NC(CC(C)C)C(=O)NC(C(=O)NC(C)(C)C(=O)NC(CC(C)C)C(=O)NC(CC(C)C)C(=O)NC(C)(C)C(=O)NC(C)(C)C(=O)NCCC(=O)[NH+](O)C(C)CN(C)C)C(O)C(C)C. The van der Waals surface area contributed by atoms with Crippen molar-refractivity contribution in [1.29, 1.82) is 0 Å². The third-order valence-corrected chi connectivity index (χ3v) is 14.0. The zero-order chi connectivity index (χ0) is 61.9. The van der Waals surface area contributed by atoms with Crippen LogP contribution < -0.4 is 47.6 Å². The van der Waals surface area contributed by atoms with Gasteiger partial charge in [-0.2, -0.15) is 0 Å². The van der Waals surface area contributed by atoms with Crippen molar-refractivity contribution in [1.82, 2.24) is 52.3 Å². The van der Waals surface area contributed by atoms with Crippen LogP contribution >= 0.6 is 0 Å². The van der Waals surface area contributed by atoms with Crippen LogP contribution in [0.5, 0.6) is 0 Å². The van der Waals surface area contributed by atoms with Crippen molar-refractivity contribution in [2.75, 3.05) is 33.7 Å². The zero-order valence-corrected chi connectivity index (χ0v) is 51.9. The number of aliphatic hydroxyl groups is 1. The van der Waals surface area contributed by atoms with E-state index >= 15 is 0 Å². The van der Waals surface area contributed by atoms with Crippen molar-refractivity contribution in [3.05, 3.63) is 12.2 Å². The Bertz CT molecular complexity index is 2160. The van der Waals surface area contributed by atoms with Gasteiger partial charge in [0.15, 0.2) is 0 Å². The van der Waals surface area contributed by atoms with Crippen LogP contribution in [0.3, 0.4) is 0 Å². The molecule has 1 aliphatic rings. The number of hydrogen-bond donors (Lipinski definition) is 11. The molecule has 1 fully saturated rings. The molecule has 1 rings (SSSR count). The molecule has 0 aromatic rings. The maximum absolute atomic E-state index is 14.2. The quantitative estimate of drug-likeness (QED) is 0.0254. The fourth-order valence-electron chi connectivity index (χ4n) is 8.89. The molecular weight excluding hydrogens is 1030 g/mol. The highest BCUT2D eigenvalue weighted by Crippen LogP contribution is 2.25. The van der Waals surface area contributed by atoms with Gasteiger partial charge in [0, 0.05) is 13.1 Å². The van der Waals surface area contributed by atoms with E-state index in [2.05, 4.69) is 42.5 Å². The number of nitrogens with one attached hydrogen (secondary N) is 9. The number of carbonyl (C=O) groups excluding carboxylic acids is 10. The van der Waals surface area contributed by atoms with E-state index in [0.29, 0.717) is 19.5 Å². The summed E-state index contributed by atoms with van der Waals surface area (Å²) in [5.74, 6) is -7.47. The van der Waals surface area contributed by atoms with E-state index in [4.69, 9.17) is 0 Å². The second-order valence-electron chi connectivity index (χ2n) is 25.6. The Balaban J connectivity index is 3.28. The minimum Gasteiger partial charge on any atom is -0.390 e. The molecule has 80 heavy (non-hydrogen) atoms. The maximum atomic E-state index is 14.2. The predicted molar refractivity (Wildman–Crippen MR) is 305 cm³/mol. The number of aliphatic hydroxyl groups excluding tert-OH is 1. The number of rotatable bonds is 32. The van der Waals surface area contributed by atoms with E-state index in [1.165, 1.54) is 52.5 Å². The molecule has 10 atom stereocenters. The Morgan fingerprint density at radius 1 is 0.650 bits per heavy atom. The van der Waals surface area contributed by atoms with Crippen molar-refractivity contribution in [2.45, 2.75) is 222 Å². The number of hydrogen-bond acceptors (Lipinski definition) is 13. The smallest absolute Gasteiger partial charge is 0.345 e. The molecule has 0 saturated carbocycles. The van der Waals surface area contributed by atoms with Crippen LogP contribution in [0, 0.1) is 35.5 Å². The Kier molecular flexibility index (Phi) is 29.2. The van der Waals surface area contributed by atoms with Gasteiger partial charge in [-0.25, -0.2) is 10.0 Å². The molecule has 1 heterocycles. The zero-order valence-electron chi connectivity index (χ0n) is 51.9. The lowest BCUT2D eigenvalue weighted by Crippen LogP contribution is -3.16. The Hall–Kier alpha value is -5.52. The molecule has 0 aromatic carbocycles. The van der Waals surface area contributed by atoms with Gasteiger partial charge < -0.3 is 57.4 Å². The Labute approximate surface area is 476 Å². The molecule has 0 radical (unpaired) electrons. The Morgan fingerprint density at radius 3 is 1.62 bits per heavy atom. The first kappa shape index (κ1) is 72.5. The lowest BCUT2D eigenvalue weighted by Gasteiger charge is -2.34. The first-order chi connectivity index (χ1) is 36.7. The van der Waals surface area contributed by atoms with Crippen molar-refractivity contribution in [3.63, 3.8) is 0 Å². The van der Waals surface area contributed by atoms with E-state index in [1.54, 1.807) is 26.8 Å². The molecule has 0 aromatic heterocycles. The summed E-state index contributed by atoms with van der Waals surface area (Å²) < 4.78 is 0. The number of carbonyl (C=O) groups is 10. The standard InChI is InChI=1S/C57H103N11O12/c1-21-36(10)22-23-43(69)67-30-37(11)29-42(67)50(75)60-39(26-32(2)3)48(73)62-45(46(71)35(8)9)51(76)64-56(15,16)53(78)61-40(27-33(4)5)47(72)59-41(28-34(6)7)49(74)63-57(17,18)54(79)65-55(13,14)52(77)58-25-24-44(70)68(80)38(12)31-66(19)20/h22-23,32-42,45-46,71,80H,21,24-31H2,1-20H3,(H,58,77)(H,59,72)(H,60,75)(H,61,78)(H,62,73)(H,63,74)(H,64,76)(H,65,79)/p+1. The molecule has 10 amide bonds. The minimum atomic E-state index is -1.77. The normalized spacial score (nSPS) is 18.2. The Morgan fingerprint density at radius 2 is 1.12 bits per heavy atom. The van der Waals surface area contributed by atoms with Crippen LogP contribution in [0.1, 0.15) is 163 Å². The fraction of sp³-hybridized carbons (Fsp3) is 0.789. The van der Waals surface area contributed by atoms with Crippen molar-refractivity contribution >= 4 is 59.1 Å². The molecule has 458 valence electrons. The molecule has 0 spiro atoms. The number of likely N-dealkylation sites (tertiary alicyclic amines) is 1. The highest BCUT2D eigenvalue weighted by Gasteiger charge is 2.43. The molecule has 10 unspecified atom stereocenters. The summed E-state index contributed by atoms with van der Waals surface area (Å²) in [5, 5.41) is 42.9. The monoisotopic (exact) mass is 1130 g/mol. The second-order valence-corrected chi connectivity index (χ2v) is 25.6. The number of likely N-dealkylation sites (N-methyl/N-ethyl adjacent to an activating group) is 1. The van der Waals surface area contributed by atoms with Gasteiger partial charge in [0.25, 0.3) is 0 Å². The van der Waals surface area contributed by atoms with Gasteiger partial charge in [0.1, 0.15) is 52.9 Å². The predicted octanol–water partition coefficient (Wildman–Crippen LogP) is 0.862. The fourth-order valence-corrected chi connectivity index (χ4v) is 8.89. The van der Waals surface area contributed by atoms with E-state index in [1.807, 2.05) is 81.3 Å². The molecule has 23 heteroatoms. The summed E-state index contributed by atoms with van der Waals surface area (Å²) >= 11 is 0. The maximum Gasteiger partial charge on any atom is 0.345 e. The van der Waals surface area contributed by atoms with Crippen LogP contribution in [0.4, 0.5) is 0 Å². The molecule has 0 bridgehead atoms. The van der Waals surface area contributed by atoms with Gasteiger partial charge in [-0.1, -0.05) is 88.7 Å². The first-order valence-electron chi connectivity index (χ1n) is 28.5. The van der Waals surface area contributed by atoms with Crippen LogP contribution in [-0.2, 0) is 47.9 Å². The lowest BCUT2D eigenvalue weighted by molar-refractivity contribution is -1.04. The van der Waals surface area contributed by atoms with Crippen LogP contribution in [0.2, 0.25) is 0 Å². The number of quaternary nitrogens is 1. The summed E-state index contributed by atoms with van der Waals surface area (Å²) in [6.45, 7) is 31.2. The van der Waals surface area contributed by atoms with Gasteiger partial charge >= 0.3 is 5.91 Å². The number of amides is 10. The molecule has 11 N–H and O–H groups in total. The van der Waals surface area contributed by atoms with Crippen LogP contribution in [-0.4, -0.2) is 172 Å². The average molecular weight is 1140 g/mol. The van der Waals surface area contributed by atoms with Gasteiger partial charge in [-0.15, -0.1) is 5.06 Å². The summed E-state index contributed by atoms with van der Waals surface area (Å²) in [4.78, 5) is 141. The summed E-state index contributed by atoms with van der Waals surface area (Å²) in [6.07, 6.45) is 3.25. The van der Waals surface area contributed by atoms with Gasteiger partial charge in [0.05, 0.1) is 19.1 Å². The topological polar surface area (TPSA) is 318 Å². The molecule has 0 aliphatic carbocycles. The van der Waals surface area contributed by atoms with E-state index < -0.39 is 118 Å². The number of hydroxylamine groups is 2. The molecule has 1 aliphatic heterocycles. The number of allylic oxidation sites excluding steroid dienone is 1. The highest BCUT2D eigenvalue weighted by atomic mass is 16.5. The van der Waals surface area contributed by atoms with E-state index in [0.717, 1.165) is 6.42 Å². The minimum absolute atomic E-state index is 0.0210. The third kappa shape index (κ3) is 23.9. The number of nitrogens with zero attached hydrogens (tertiary/aromatic N) is 2. The highest BCUT2D eigenvalue weighted by molar-refractivity contribution is 6.00. The van der Waals surface area contributed by atoms with Gasteiger partial charge in [-0.05, 0) is 130 Å². The van der Waals surface area contributed by atoms with Gasteiger partial charge in [0.2, 0.25) is 53.2 Å². The largest absolute Gasteiger partial charge is 0.390 e. The van der Waals surface area contributed by atoms with Crippen molar-refractivity contribution < 1.29 is 63.3 Å². The molecule has 1 saturated heterocycles. The van der Waals surface area contributed by atoms with Crippen LogP contribution in [0.25, 0.3) is 0 Å². The second kappa shape index (κ2) is 32.2. The van der Waals surface area contributed by atoms with Crippen LogP contribution in [0.15, 0.2) is 12.2 Å². The first-order valence-corrected chi connectivity index (χ1v) is 28.5. The summed E-state index contributed by atoms with van der Waals surface area (Å²) in [5.41, 5.74) is -4.91. The molecule has 23 nitrogen and oxygen atoms in total. The van der Waals surface area contributed by atoms with Crippen molar-refractivity contribution in [2.24, 2.45) is 35.5 Å². The van der Waals surface area contributed by atoms with E-state index in [-0.39, 0.29) is 72.8 Å². The third-order valence-electron chi connectivity index (χ3n) is 14.0. The summed E-state index contributed by atoms with van der Waals surface area (Å²) in [6, 6.07) is -6.47.